The molecule has 1 heterocycles. The van der Waals surface area contributed by atoms with Gasteiger partial charge in [0.25, 0.3) is 0 Å². The van der Waals surface area contributed by atoms with Gasteiger partial charge in [0.05, 0.1) is 0 Å². The minimum absolute atomic E-state index is 0.671. The molecular weight excluding hydrogens is 162 g/mol. The highest BCUT2D eigenvalue weighted by atomic mass is 16.3. The Morgan fingerprint density at radius 3 is 2.00 bits per heavy atom. The summed E-state index contributed by atoms with van der Waals surface area (Å²) in [5, 5.41) is 0. The second-order valence-corrected chi connectivity index (χ2v) is 1.51. The lowest BCUT2D eigenvalue weighted by Gasteiger charge is -1.81. The Labute approximate surface area is 81.0 Å². The number of aromatic nitrogens is 1. The fourth-order valence-electron chi connectivity index (χ4n) is 0.570. The molecule has 0 amide bonds. The van der Waals surface area contributed by atoms with Crippen LogP contribution in [0.1, 0.15) is 39.1 Å². The van der Waals surface area contributed by atoms with E-state index in [0.717, 1.165) is 5.69 Å². The summed E-state index contributed by atoms with van der Waals surface area (Å²) in [6, 6.07) is 0. The Hall–Kier alpha value is -1.31. The van der Waals surface area contributed by atoms with Gasteiger partial charge in [0.1, 0.15) is 5.69 Å². The fourth-order valence-corrected chi connectivity index (χ4v) is 0.570. The van der Waals surface area contributed by atoms with Gasteiger partial charge in [-0.1, -0.05) is 40.9 Å². The Kier molecular flexibility index (Phi) is 11.7. The van der Waals surface area contributed by atoms with E-state index in [1.54, 1.807) is 12.2 Å². The number of rotatable bonds is 2. The van der Waals surface area contributed by atoms with Gasteiger partial charge in [-0.05, 0) is 12.2 Å². The summed E-state index contributed by atoms with van der Waals surface area (Å²) in [5.41, 5.74) is 0.741. The molecule has 0 atom stereocenters. The van der Waals surface area contributed by atoms with E-state index in [2.05, 4.69) is 18.1 Å². The second-order valence-electron chi connectivity index (χ2n) is 1.51. The summed E-state index contributed by atoms with van der Waals surface area (Å²) in [6.07, 6.45) is 4.60. The van der Waals surface area contributed by atoms with Crippen LogP contribution in [0.5, 0.6) is 0 Å². The van der Waals surface area contributed by atoms with Gasteiger partial charge in [-0.3, -0.25) is 0 Å². The van der Waals surface area contributed by atoms with Crippen LogP contribution in [-0.2, 0) is 0 Å². The van der Waals surface area contributed by atoms with Gasteiger partial charge in [0, 0.05) is 0 Å². The van der Waals surface area contributed by atoms with Crippen LogP contribution in [0.3, 0.4) is 0 Å². The smallest absolute Gasteiger partial charge is 0.181 e. The van der Waals surface area contributed by atoms with Gasteiger partial charge in [0.2, 0.25) is 0 Å². The first-order valence-corrected chi connectivity index (χ1v) is 4.57. The molecule has 0 N–H and O–H groups in total. The summed E-state index contributed by atoms with van der Waals surface area (Å²) >= 11 is 0. The molecule has 2 heteroatoms. The third kappa shape index (κ3) is 5.01. The van der Waals surface area contributed by atoms with Crippen molar-refractivity contribution < 1.29 is 4.42 Å². The fraction of sp³-hybridized carbons (Fsp3) is 0.364. The summed E-state index contributed by atoms with van der Waals surface area (Å²) < 4.78 is 4.90. The molecule has 0 aliphatic heterocycles. The average Bonchev–Trinajstić information content (AvgIpc) is 2.70. The predicted octanol–water partition coefficient (Wildman–Crippen LogP) is 4.01. The van der Waals surface area contributed by atoms with Gasteiger partial charge in [-0.2, -0.15) is 0 Å². The molecule has 13 heavy (non-hydrogen) atoms. The maximum atomic E-state index is 4.90. The Morgan fingerprint density at radius 1 is 1.15 bits per heavy atom. The quantitative estimate of drug-likeness (QED) is 0.689. The lowest BCUT2D eigenvalue weighted by molar-refractivity contribution is 0.548. The highest BCUT2D eigenvalue weighted by Crippen LogP contribution is 2.07. The van der Waals surface area contributed by atoms with E-state index in [9.17, 15) is 0 Å². The Bertz CT molecular complexity index is 203. The zero-order valence-electron chi connectivity index (χ0n) is 9.00. The van der Waals surface area contributed by atoms with Crippen LogP contribution in [-0.4, -0.2) is 4.98 Å². The van der Waals surface area contributed by atoms with Crippen molar-refractivity contribution in [3.8, 4) is 0 Å². The van der Waals surface area contributed by atoms with Crippen molar-refractivity contribution in [2.75, 3.05) is 0 Å². The molecule has 0 spiro atoms. The monoisotopic (exact) mass is 181 g/mol. The largest absolute Gasteiger partial charge is 0.444 e. The first-order chi connectivity index (χ1) is 6.38. The van der Waals surface area contributed by atoms with E-state index in [0.29, 0.717) is 5.76 Å². The van der Waals surface area contributed by atoms with Crippen molar-refractivity contribution in [1.82, 2.24) is 4.98 Å². The molecule has 0 unspecified atom stereocenters. The predicted molar refractivity (Wildman–Crippen MR) is 59.4 cm³/mol. The van der Waals surface area contributed by atoms with Crippen LogP contribution in [0, 0.1) is 0 Å². The zero-order valence-corrected chi connectivity index (χ0v) is 9.00. The van der Waals surface area contributed by atoms with Gasteiger partial charge < -0.3 is 4.42 Å². The van der Waals surface area contributed by atoms with E-state index in [1.165, 1.54) is 6.39 Å². The highest BCUT2D eigenvalue weighted by Gasteiger charge is 1.96. The molecule has 2 nitrogen and oxygen atoms in total. The van der Waals surface area contributed by atoms with Crippen molar-refractivity contribution in [2.24, 2.45) is 0 Å². The second kappa shape index (κ2) is 10.7. The third-order valence-electron chi connectivity index (χ3n) is 1.00. The van der Waals surface area contributed by atoms with Crippen LogP contribution in [0.25, 0.3) is 12.2 Å². The van der Waals surface area contributed by atoms with Gasteiger partial charge in [-0.25, -0.2) is 4.98 Å². The van der Waals surface area contributed by atoms with Crippen molar-refractivity contribution >= 4 is 12.2 Å². The molecule has 0 fully saturated rings. The molecule has 0 aliphatic rings. The molecule has 1 rings (SSSR count). The molecular formula is C11H19NO. The first kappa shape index (κ1) is 14.2. The maximum Gasteiger partial charge on any atom is 0.181 e. The molecule has 0 radical (unpaired) electrons. The average molecular weight is 181 g/mol. The molecule has 0 aromatic carbocycles. The first-order valence-electron chi connectivity index (χ1n) is 4.57. The molecule has 0 saturated carbocycles. The van der Waals surface area contributed by atoms with Crippen LogP contribution < -0.4 is 0 Å². The lowest BCUT2D eigenvalue weighted by Crippen LogP contribution is -1.70. The van der Waals surface area contributed by atoms with E-state index >= 15 is 0 Å². The Balaban J connectivity index is 0. The zero-order chi connectivity index (χ0) is 10.7. The standard InChI is InChI=1S/C7H7NO.2C2H6/c1-3-6-7(4-2)9-5-8-6;2*1-2/h3-5H,1-2H2;2*1-2H3. The molecule has 74 valence electrons. The van der Waals surface area contributed by atoms with Crippen LogP contribution in [0.15, 0.2) is 24.0 Å². The summed E-state index contributed by atoms with van der Waals surface area (Å²) in [4.78, 5) is 3.85. The molecule has 0 bridgehead atoms. The van der Waals surface area contributed by atoms with Crippen LogP contribution >= 0.6 is 0 Å². The van der Waals surface area contributed by atoms with E-state index in [-0.39, 0.29) is 0 Å². The van der Waals surface area contributed by atoms with Crippen molar-refractivity contribution in [3.05, 3.63) is 31.0 Å². The summed E-state index contributed by atoms with van der Waals surface area (Å²) in [5.74, 6) is 0.671. The Morgan fingerprint density at radius 2 is 1.69 bits per heavy atom. The van der Waals surface area contributed by atoms with Crippen LogP contribution in [0.4, 0.5) is 0 Å². The molecule has 0 saturated heterocycles. The topological polar surface area (TPSA) is 26.0 Å². The summed E-state index contributed by atoms with van der Waals surface area (Å²) in [6.45, 7) is 15.1. The van der Waals surface area contributed by atoms with Crippen molar-refractivity contribution in [3.63, 3.8) is 0 Å². The third-order valence-corrected chi connectivity index (χ3v) is 1.00. The maximum absolute atomic E-state index is 4.90. The number of nitrogens with zero attached hydrogens (tertiary/aromatic N) is 1. The van der Waals surface area contributed by atoms with Gasteiger partial charge in [0.15, 0.2) is 12.2 Å². The van der Waals surface area contributed by atoms with Gasteiger partial charge >= 0.3 is 0 Å². The van der Waals surface area contributed by atoms with Crippen molar-refractivity contribution in [1.29, 1.82) is 0 Å². The molecule has 1 aromatic heterocycles. The minimum atomic E-state index is 0.671. The van der Waals surface area contributed by atoms with Crippen molar-refractivity contribution in [2.45, 2.75) is 27.7 Å². The number of hydrogen-bond acceptors (Lipinski definition) is 2. The van der Waals surface area contributed by atoms with E-state index in [1.807, 2.05) is 27.7 Å². The number of oxazole rings is 1. The lowest BCUT2D eigenvalue weighted by atomic mass is 10.3. The normalized spacial score (nSPS) is 7.08. The van der Waals surface area contributed by atoms with E-state index < -0.39 is 0 Å². The van der Waals surface area contributed by atoms with Gasteiger partial charge in [-0.15, -0.1) is 0 Å². The SMILES string of the molecule is C=Cc1ncoc1C=C.CC.CC. The minimum Gasteiger partial charge on any atom is -0.444 e. The van der Waals surface area contributed by atoms with Crippen LogP contribution in [0.2, 0.25) is 0 Å². The van der Waals surface area contributed by atoms with E-state index in [4.69, 9.17) is 4.42 Å². The molecule has 1 aromatic rings. The molecule has 0 aliphatic carbocycles. The highest BCUT2D eigenvalue weighted by molar-refractivity contribution is 5.55. The summed E-state index contributed by atoms with van der Waals surface area (Å²) in [7, 11) is 0. The number of hydrogen-bond donors (Lipinski definition) is 0.